The first-order valence-corrected chi connectivity index (χ1v) is 10.1. The van der Waals surface area contributed by atoms with Crippen molar-refractivity contribution in [1.29, 1.82) is 0 Å². The van der Waals surface area contributed by atoms with Crippen LogP contribution in [-0.2, 0) is 23.2 Å². The molecule has 1 aromatic carbocycles. The fourth-order valence-electron chi connectivity index (χ4n) is 3.34. The van der Waals surface area contributed by atoms with Crippen LogP contribution in [0.2, 0.25) is 0 Å². The molecule has 0 saturated carbocycles. The quantitative estimate of drug-likeness (QED) is 0.725. The highest BCUT2D eigenvalue weighted by molar-refractivity contribution is 5.85. The van der Waals surface area contributed by atoms with E-state index in [0.29, 0.717) is 6.54 Å². The Morgan fingerprint density at radius 3 is 2.52 bits per heavy atom. The van der Waals surface area contributed by atoms with E-state index in [-0.39, 0.29) is 17.9 Å². The minimum atomic E-state index is -0.476. The molecule has 29 heavy (non-hydrogen) atoms. The first-order chi connectivity index (χ1) is 13.9. The Morgan fingerprint density at radius 1 is 1.31 bits per heavy atom. The van der Waals surface area contributed by atoms with Crippen molar-refractivity contribution >= 4 is 12.2 Å². The van der Waals surface area contributed by atoms with Crippen molar-refractivity contribution in [3.8, 4) is 11.3 Å². The first kappa shape index (κ1) is 22.8. The van der Waals surface area contributed by atoms with Crippen molar-refractivity contribution in [3.05, 3.63) is 42.1 Å². The molecule has 158 valence electrons. The highest BCUT2D eigenvalue weighted by Crippen LogP contribution is 2.19. The van der Waals surface area contributed by atoms with E-state index in [0.717, 1.165) is 31.4 Å². The SMILES string of the molecule is CC(C)C(N)C(=O)N1CCCC1C=O.CNCc1ccc(-c2ccnn2C)cc1. The van der Waals surface area contributed by atoms with Crippen LogP contribution >= 0.6 is 0 Å². The van der Waals surface area contributed by atoms with Gasteiger partial charge < -0.3 is 20.7 Å². The Kier molecular flexibility index (Phi) is 8.54. The molecule has 1 amide bonds. The number of carbonyl (C=O) groups excluding carboxylic acids is 2. The molecule has 2 atom stereocenters. The second-order valence-corrected chi connectivity index (χ2v) is 7.71. The van der Waals surface area contributed by atoms with Gasteiger partial charge in [0, 0.05) is 26.3 Å². The second kappa shape index (κ2) is 10.9. The summed E-state index contributed by atoms with van der Waals surface area (Å²) in [5.41, 5.74) is 9.39. The number of nitrogens with two attached hydrogens (primary N) is 1. The van der Waals surface area contributed by atoms with Gasteiger partial charge in [-0.2, -0.15) is 5.10 Å². The van der Waals surface area contributed by atoms with E-state index in [2.05, 4.69) is 34.7 Å². The van der Waals surface area contributed by atoms with Crippen LogP contribution in [0, 0.1) is 5.92 Å². The Labute approximate surface area is 173 Å². The van der Waals surface area contributed by atoms with Gasteiger partial charge in [0.2, 0.25) is 5.91 Å². The predicted octanol–water partition coefficient (Wildman–Crippen LogP) is 1.97. The molecular formula is C22H33N5O2. The lowest BCUT2D eigenvalue weighted by Gasteiger charge is -2.25. The van der Waals surface area contributed by atoms with Crippen LogP contribution in [0.4, 0.5) is 0 Å². The number of hydrogen-bond donors (Lipinski definition) is 2. The number of aldehydes is 1. The van der Waals surface area contributed by atoms with Crippen molar-refractivity contribution < 1.29 is 9.59 Å². The summed E-state index contributed by atoms with van der Waals surface area (Å²) in [6.07, 6.45) is 4.34. The fraction of sp³-hybridized carbons (Fsp3) is 0.500. The standard InChI is InChI=1S/C12H15N3.C10H18N2O2/c1-13-9-10-3-5-11(6-4-10)12-7-8-14-15(12)2;1-7(2)9(11)10(14)12-5-3-4-8(12)6-13/h3-8,13H,9H2,1-2H3;6-9H,3-5,11H2,1-2H3. The monoisotopic (exact) mass is 399 g/mol. The summed E-state index contributed by atoms with van der Waals surface area (Å²) in [7, 11) is 3.91. The molecule has 0 spiro atoms. The molecule has 3 N–H and O–H groups in total. The average molecular weight is 400 g/mol. The summed E-state index contributed by atoms with van der Waals surface area (Å²) in [4.78, 5) is 24.1. The lowest BCUT2D eigenvalue weighted by molar-refractivity contribution is -0.136. The lowest BCUT2D eigenvalue weighted by Crippen LogP contribution is -2.48. The predicted molar refractivity (Wildman–Crippen MR) is 115 cm³/mol. The molecule has 2 unspecified atom stereocenters. The number of nitrogens with zero attached hydrogens (tertiary/aromatic N) is 3. The third-order valence-electron chi connectivity index (χ3n) is 5.19. The van der Waals surface area contributed by atoms with Gasteiger partial charge >= 0.3 is 0 Å². The molecular weight excluding hydrogens is 366 g/mol. The second-order valence-electron chi connectivity index (χ2n) is 7.71. The molecule has 2 aromatic rings. The summed E-state index contributed by atoms with van der Waals surface area (Å²) < 4.78 is 1.88. The lowest BCUT2D eigenvalue weighted by atomic mass is 10.0. The molecule has 0 aliphatic carbocycles. The van der Waals surface area contributed by atoms with Crippen LogP contribution in [0.1, 0.15) is 32.3 Å². The van der Waals surface area contributed by atoms with Gasteiger partial charge in [-0.15, -0.1) is 0 Å². The van der Waals surface area contributed by atoms with Gasteiger partial charge in [-0.25, -0.2) is 0 Å². The fourth-order valence-corrected chi connectivity index (χ4v) is 3.34. The number of hydrogen-bond acceptors (Lipinski definition) is 5. The van der Waals surface area contributed by atoms with Crippen LogP contribution in [-0.4, -0.2) is 52.5 Å². The Balaban J connectivity index is 0.000000208. The number of aryl methyl sites for hydroxylation is 1. The molecule has 1 aliphatic rings. The number of carbonyl (C=O) groups is 2. The molecule has 7 nitrogen and oxygen atoms in total. The molecule has 1 fully saturated rings. The van der Waals surface area contributed by atoms with E-state index in [1.54, 1.807) is 4.90 Å². The summed E-state index contributed by atoms with van der Waals surface area (Å²) >= 11 is 0. The number of aromatic nitrogens is 2. The number of likely N-dealkylation sites (tertiary alicyclic amines) is 1. The van der Waals surface area contributed by atoms with Crippen molar-refractivity contribution in [2.24, 2.45) is 18.7 Å². The molecule has 1 aliphatic heterocycles. The van der Waals surface area contributed by atoms with Gasteiger partial charge in [-0.1, -0.05) is 38.1 Å². The Hall–Kier alpha value is -2.51. The van der Waals surface area contributed by atoms with E-state index >= 15 is 0 Å². The van der Waals surface area contributed by atoms with Crippen LogP contribution in [0.3, 0.4) is 0 Å². The molecule has 0 bridgehead atoms. The number of benzene rings is 1. The van der Waals surface area contributed by atoms with Gasteiger partial charge in [0.25, 0.3) is 0 Å². The zero-order chi connectivity index (χ0) is 21.4. The van der Waals surface area contributed by atoms with Gasteiger partial charge in [0.15, 0.2) is 0 Å². The maximum atomic E-state index is 11.8. The van der Waals surface area contributed by atoms with Crippen molar-refractivity contribution in [2.75, 3.05) is 13.6 Å². The van der Waals surface area contributed by atoms with E-state index in [1.807, 2.05) is 44.9 Å². The first-order valence-electron chi connectivity index (χ1n) is 10.1. The summed E-state index contributed by atoms with van der Waals surface area (Å²) in [6, 6.07) is 9.83. The summed E-state index contributed by atoms with van der Waals surface area (Å²) in [6.45, 7) is 5.40. The zero-order valence-corrected chi connectivity index (χ0v) is 17.8. The Bertz CT molecular complexity index is 785. The maximum absolute atomic E-state index is 11.8. The molecule has 7 heteroatoms. The van der Waals surface area contributed by atoms with Gasteiger partial charge in [-0.05, 0) is 43.0 Å². The number of rotatable bonds is 6. The highest BCUT2D eigenvalue weighted by Gasteiger charge is 2.32. The van der Waals surface area contributed by atoms with Crippen LogP contribution in [0.15, 0.2) is 36.5 Å². The number of amides is 1. The van der Waals surface area contributed by atoms with Crippen molar-refractivity contribution in [3.63, 3.8) is 0 Å². The summed E-state index contributed by atoms with van der Waals surface area (Å²) in [5.74, 6) is 0.0324. The topological polar surface area (TPSA) is 93.2 Å². The maximum Gasteiger partial charge on any atom is 0.240 e. The Morgan fingerprint density at radius 2 is 2.00 bits per heavy atom. The normalized spacial score (nSPS) is 17.0. The zero-order valence-electron chi connectivity index (χ0n) is 17.8. The third-order valence-corrected chi connectivity index (χ3v) is 5.19. The van der Waals surface area contributed by atoms with E-state index < -0.39 is 6.04 Å². The van der Waals surface area contributed by atoms with E-state index in [9.17, 15) is 9.59 Å². The molecule has 0 radical (unpaired) electrons. The minimum Gasteiger partial charge on any atom is -0.332 e. The van der Waals surface area contributed by atoms with E-state index in [1.165, 1.54) is 11.1 Å². The third kappa shape index (κ3) is 5.98. The van der Waals surface area contributed by atoms with Crippen LogP contribution < -0.4 is 11.1 Å². The molecule has 2 heterocycles. The molecule has 3 rings (SSSR count). The van der Waals surface area contributed by atoms with Gasteiger partial charge in [0.05, 0.1) is 17.8 Å². The molecule has 1 aromatic heterocycles. The summed E-state index contributed by atoms with van der Waals surface area (Å²) in [5, 5.41) is 7.29. The van der Waals surface area contributed by atoms with Gasteiger partial charge in [-0.3, -0.25) is 9.48 Å². The largest absolute Gasteiger partial charge is 0.332 e. The van der Waals surface area contributed by atoms with Crippen molar-refractivity contribution in [1.82, 2.24) is 20.0 Å². The highest BCUT2D eigenvalue weighted by atomic mass is 16.2. The molecule has 1 saturated heterocycles. The minimum absolute atomic E-state index is 0.0883. The number of nitrogens with one attached hydrogen (secondary N) is 1. The smallest absolute Gasteiger partial charge is 0.240 e. The average Bonchev–Trinajstić information content (AvgIpc) is 3.37. The van der Waals surface area contributed by atoms with Crippen LogP contribution in [0.5, 0.6) is 0 Å². The van der Waals surface area contributed by atoms with Crippen molar-refractivity contribution in [2.45, 2.75) is 45.3 Å². The van der Waals surface area contributed by atoms with E-state index in [4.69, 9.17) is 5.73 Å². The van der Waals surface area contributed by atoms with Gasteiger partial charge in [0.1, 0.15) is 6.29 Å². The van der Waals surface area contributed by atoms with Crippen LogP contribution in [0.25, 0.3) is 11.3 Å².